The minimum atomic E-state index is -1.02. The average molecular weight is 156 g/mol. The zero-order valence-corrected chi connectivity index (χ0v) is 6.25. The fourth-order valence-corrected chi connectivity index (χ4v) is 1.26. The molecule has 4 heteroatoms. The number of alkyl halides is 1. The van der Waals surface area contributed by atoms with E-state index in [0.717, 1.165) is 0 Å². The van der Waals surface area contributed by atoms with Crippen LogP contribution >= 0.6 is 0 Å². The van der Waals surface area contributed by atoms with Crippen LogP contribution in [0.15, 0.2) is 0 Å². The lowest BCUT2D eigenvalue weighted by atomic mass is 10.2. The molecule has 1 amide bonds. The topological polar surface area (TPSA) is 44.1 Å². The maximum Gasteiger partial charge on any atom is 0.220 e. The largest absolute Gasteiger partial charge is 0.324 e. The quantitative estimate of drug-likeness (QED) is 0.511. The molecule has 0 aliphatic carbocycles. The van der Waals surface area contributed by atoms with Crippen molar-refractivity contribution in [2.75, 3.05) is 6.54 Å². The SMILES string of the molecule is CC(=O)N1C[C@H](F)C[C@@H]1C#N. The normalized spacial score (nSPS) is 30.1. The molecule has 0 radical (unpaired) electrons. The van der Waals surface area contributed by atoms with Gasteiger partial charge in [-0.25, -0.2) is 4.39 Å². The number of hydrogen-bond donors (Lipinski definition) is 0. The Morgan fingerprint density at radius 1 is 1.82 bits per heavy atom. The van der Waals surface area contributed by atoms with Gasteiger partial charge < -0.3 is 4.90 Å². The van der Waals surface area contributed by atoms with Crippen LogP contribution < -0.4 is 0 Å². The van der Waals surface area contributed by atoms with Crippen molar-refractivity contribution in [1.29, 1.82) is 5.26 Å². The Hall–Kier alpha value is -1.11. The number of carbonyl (C=O) groups excluding carboxylic acids is 1. The Bertz CT molecular complexity index is 211. The number of carbonyl (C=O) groups is 1. The molecular weight excluding hydrogens is 147 g/mol. The predicted octanol–water partition coefficient (Wildman–Crippen LogP) is 0.469. The average Bonchev–Trinajstić information content (AvgIpc) is 2.30. The fourth-order valence-electron chi connectivity index (χ4n) is 1.26. The molecule has 1 fully saturated rings. The number of hydrogen-bond acceptors (Lipinski definition) is 2. The van der Waals surface area contributed by atoms with E-state index >= 15 is 0 Å². The number of likely N-dealkylation sites (tertiary alicyclic amines) is 1. The summed E-state index contributed by atoms with van der Waals surface area (Å²) >= 11 is 0. The maximum atomic E-state index is 12.6. The molecule has 1 aliphatic heterocycles. The second-order valence-electron chi connectivity index (χ2n) is 2.65. The highest BCUT2D eigenvalue weighted by molar-refractivity contribution is 5.74. The van der Waals surface area contributed by atoms with E-state index in [1.54, 1.807) is 0 Å². The zero-order valence-electron chi connectivity index (χ0n) is 6.25. The number of halogens is 1. The molecule has 60 valence electrons. The van der Waals surface area contributed by atoms with Gasteiger partial charge in [-0.2, -0.15) is 5.26 Å². The van der Waals surface area contributed by atoms with Gasteiger partial charge >= 0.3 is 0 Å². The van der Waals surface area contributed by atoms with E-state index in [2.05, 4.69) is 0 Å². The summed E-state index contributed by atoms with van der Waals surface area (Å²) in [5.41, 5.74) is 0. The lowest BCUT2D eigenvalue weighted by molar-refractivity contribution is -0.128. The van der Waals surface area contributed by atoms with Crippen LogP contribution in [0.4, 0.5) is 4.39 Å². The van der Waals surface area contributed by atoms with Gasteiger partial charge in [-0.05, 0) is 0 Å². The van der Waals surface area contributed by atoms with Gasteiger partial charge in [0.15, 0.2) is 0 Å². The van der Waals surface area contributed by atoms with Gasteiger partial charge in [0.25, 0.3) is 0 Å². The van der Waals surface area contributed by atoms with Crippen LogP contribution in [0.2, 0.25) is 0 Å². The Kier molecular flexibility index (Phi) is 2.08. The van der Waals surface area contributed by atoms with E-state index in [1.165, 1.54) is 11.8 Å². The van der Waals surface area contributed by atoms with Crippen LogP contribution in [0.25, 0.3) is 0 Å². The highest BCUT2D eigenvalue weighted by Crippen LogP contribution is 2.19. The summed E-state index contributed by atoms with van der Waals surface area (Å²) in [5, 5.41) is 8.49. The second-order valence-corrected chi connectivity index (χ2v) is 2.65. The Morgan fingerprint density at radius 3 is 2.82 bits per heavy atom. The van der Waals surface area contributed by atoms with Crippen LogP contribution in [0.5, 0.6) is 0 Å². The van der Waals surface area contributed by atoms with Gasteiger partial charge in [0.2, 0.25) is 5.91 Å². The molecule has 0 aromatic carbocycles. The van der Waals surface area contributed by atoms with Crippen molar-refractivity contribution >= 4 is 5.91 Å². The van der Waals surface area contributed by atoms with E-state index < -0.39 is 12.2 Å². The van der Waals surface area contributed by atoms with Crippen molar-refractivity contribution in [3.8, 4) is 6.07 Å². The molecule has 1 saturated heterocycles. The van der Waals surface area contributed by atoms with Crippen LogP contribution in [-0.4, -0.2) is 29.6 Å². The second kappa shape index (κ2) is 2.87. The third kappa shape index (κ3) is 1.48. The first kappa shape index (κ1) is 7.99. The summed E-state index contributed by atoms with van der Waals surface area (Å²) < 4.78 is 12.6. The molecule has 11 heavy (non-hydrogen) atoms. The minimum absolute atomic E-state index is 0.0769. The number of nitriles is 1. The molecule has 3 nitrogen and oxygen atoms in total. The highest BCUT2D eigenvalue weighted by Gasteiger charge is 2.33. The molecule has 0 N–H and O–H groups in total. The molecule has 0 aromatic rings. The van der Waals surface area contributed by atoms with Crippen LogP contribution in [0.3, 0.4) is 0 Å². The predicted molar refractivity (Wildman–Crippen MR) is 36.3 cm³/mol. The Morgan fingerprint density at radius 2 is 2.45 bits per heavy atom. The van der Waals surface area contributed by atoms with Crippen LogP contribution in [0, 0.1) is 11.3 Å². The summed E-state index contributed by atoms with van der Waals surface area (Å²) in [4.78, 5) is 12.0. The third-order valence-corrected chi connectivity index (χ3v) is 1.80. The van der Waals surface area contributed by atoms with E-state index in [9.17, 15) is 9.18 Å². The minimum Gasteiger partial charge on any atom is -0.324 e. The number of nitrogens with zero attached hydrogens (tertiary/aromatic N) is 2. The maximum absolute atomic E-state index is 12.6. The molecule has 0 aromatic heterocycles. The van der Waals surface area contributed by atoms with Gasteiger partial charge in [0.05, 0.1) is 12.6 Å². The van der Waals surface area contributed by atoms with Crippen LogP contribution in [0.1, 0.15) is 13.3 Å². The summed E-state index contributed by atoms with van der Waals surface area (Å²) in [6.07, 6.45) is -0.862. The Balaban J connectivity index is 2.67. The summed E-state index contributed by atoms with van der Waals surface area (Å²) in [7, 11) is 0. The van der Waals surface area contributed by atoms with E-state index in [-0.39, 0.29) is 18.9 Å². The van der Waals surface area contributed by atoms with Crippen molar-refractivity contribution in [3.63, 3.8) is 0 Å². The van der Waals surface area contributed by atoms with Gasteiger partial charge in [-0.3, -0.25) is 4.79 Å². The van der Waals surface area contributed by atoms with Crippen LogP contribution in [-0.2, 0) is 4.79 Å². The van der Waals surface area contributed by atoms with Crippen molar-refractivity contribution in [1.82, 2.24) is 4.90 Å². The number of amides is 1. The van der Waals surface area contributed by atoms with Crippen molar-refractivity contribution in [3.05, 3.63) is 0 Å². The summed E-state index contributed by atoms with van der Waals surface area (Å²) in [6.45, 7) is 1.43. The Labute approximate surface area is 64.4 Å². The molecule has 1 aliphatic rings. The molecular formula is C7H9FN2O. The molecule has 0 bridgehead atoms. The fraction of sp³-hybridized carbons (Fsp3) is 0.714. The van der Waals surface area contributed by atoms with Gasteiger partial charge in [0, 0.05) is 13.3 Å². The smallest absolute Gasteiger partial charge is 0.220 e. The molecule has 2 atom stereocenters. The first-order valence-electron chi connectivity index (χ1n) is 3.46. The standard InChI is InChI=1S/C7H9FN2O/c1-5(11)10-4-6(8)2-7(10)3-9/h6-7H,2,4H2,1H3/t6-,7-/m1/s1. The molecule has 0 saturated carbocycles. The zero-order chi connectivity index (χ0) is 8.43. The first-order chi connectivity index (χ1) is 5.15. The lowest BCUT2D eigenvalue weighted by Gasteiger charge is -2.15. The van der Waals surface area contributed by atoms with E-state index in [1.807, 2.05) is 6.07 Å². The third-order valence-electron chi connectivity index (χ3n) is 1.80. The number of rotatable bonds is 0. The highest BCUT2D eigenvalue weighted by atomic mass is 19.1. The summed E-state index contributed by atoms with van der Waals surface area (Å²) in [6, 6.07) is 1.34. The molecule has 1 heterocycles. The first-order valence-corrected chi connectivity index (χ1v) is 3.46. The van der Waals surface area contributed by atoms with Crippen molar-refractivity contribution < 1.29 is 9.18 Å². The van der Waals surface area contributed by atoms with Crippen molar-refractivity contribution in [2.24, 2.45) is 0 Å². The van der Waals surface area contributed by atoms with Gasteiger partial charge in [0.1, 0.15) is 12.2 Å². The summed E-state index contributed by atoms with van der Waals surface area (Å²) in [5.74, 6) is -0.225. The van der Waals surface area contributed by atoms with Gasteiger partial charge in [-0.1, -0.05) is 0 Å². The van der Waals surface area contributed by atoms with E-state index in [4.69, 9.17) is 5.26 Å². The molecule has 0 spiro atoms. The molecule has 1 rings (SSSR count). The van der Waals surface area contributed by atoms with Gasteiger partial charge in [-0.15, -0.1) is 0 Å². The van der Waals surface area contributed by atoms with E-state index in [0.29, 0.717) is 0 Å². The lowest BCUT2D eigenvalue weighted by Crippen LogP contribution is -2.32. The molecule has 0 unspecified atom stereocenters. The monoisotopic (exact) mass is 156 g/mol. The van der Waals surface area contributed by atoms with Crippen molar-refractivity contribution in [2.45, 2.75) is 25.6 Å².